The summed E-state index contributed by atoms with van der Waals surface area (Å²) in [4.78, 5) is 0. The third-order valence-electron chi connectivity index (χ3n) is 2.50. The molecular weight excluding hydrogens is 184 g/mol. The highest BCUT2D eigenvalue weighted by Gasteiger charge is 2.02. The molecule has 1 atom stereocenters. The molecule has 0 spiro atoms. The number of hydrogen-bond donors (Lipinski definition) is 1. The van der Waals surface area contributed by atoms with Crippen LogP contribution in [0.25, 0.3) is 0 Å². The summed E-state index contributed by atoms with van der Waals surface area (Å²) < 4.78 is 0. The van der Waals surface area contributed by atoms with E-state index in [4.69, 9.17) is 5.26 Å². The van der Waals surface area contributed by atoms with Gasteiger partial charge in [0.15, 0.2) is 0 Å². The predicted molar refractivity (Wildman–Crippen MR) is 62.4 cm³/mol. The van der Waals surface area contributed by atoms with Gasteiger partial charge in [0.1, 0.15) is 0 Å². The summed E-state index contributed by atoms with van der Waals surface area (Å²) in [5.41, 5.74) is 1.34. The first kappa shape index (κ1) is 11.7. The standard InChI is InChI=1S/C13H18N2/c1-2-12(10-14)11-15-9-8-13-6-4-3-5-7-13/h3-7,12,15H,2,8-9,11H2,1H3. The molecule has 1 unspecified atom stereocenters. The second-order valence-electron chi connectivity index (χ2n) is 3.67. The van der Waals surface area contributed by atoms with E-state index in [1.807, 2.05) is 13.0 Å². The van der Waals surface area contributed by atoms with Crippen molar-refractivity contribution in [3.63, 3.8) is 0 Å². The molecule has 0 amide bonds. The topological polar surface area (TPSA) is 35.8 Å². The van der Waals surface area contributed by atoms with Crippen molar-refractivity contribution in [2.45, 2.75) is 19.8 Å². The lowest BCUT2D eigenvalue weighted by Gasteiger charge is -2.07. The monoisotopic (exact) mass is 202 g/mol. The average Bonchev–Trinajstić information content (AvgIpc) is 2.31. The zero-order valence-electron chi connectivity index (χ0n) is 9.24. The van der Waals surface area contributed by atoms with Gasteiger partial charge in [0.2, 0.25) is 0 Å². The summed E-state index contributed by atoms with van der Waals surface area (Å²) in [5, 5.41) is 12.1. The van der Waals surface area contributed by atoms with Crippen LogP contribution in [0.1, 0.15) is 18.9 Å². The van der Waals surface area contributed by atoms with E-state index in [9.17, 15) is 0 Å². The van der Waals surface area contributed by atoms with Crippen LogP contribution < -0.4 is 5.32 Å². The van der Waals surface area contributed by atoms with Gasteiger partial charge >= 0.3 is 0 Å². The lowest BCUT2D eigenvalue weighted by Crippen LogP contribution is -2.23. The molecule has 0 radical (unpaired) electrons. The quantitative estimate of drug-likeness (QED) is 0.719. The third-order valence-corrected chi connectivity index (χ3v) is 2.50. The van der Waals surface area contributed by atoms with Crippen molar-refractivity contribution in [2.24, 2.45) is 5.92 Å². The Labute approximate surface area is 91.9 Å². The number of nitrogens with one attached hydrogen (secondary N) is 1. The van der Waals surface area contributed by atoms with Gasteiger partial charge in [0.05, 0.1) is 12.0 Å². The highest BCUT2D eigenvalue weighted by atomic mass is 14.8. The van der Waals surface area contributed by atoms with Gasteiger partial charge in [-0.2, -0.15) is 5.26 Å². The minimum atomic E-state index is 0.153. The second kappa shape index (κ2) is 7.03. The Hall–Kier alpha value is -1.33. The van der Waals surface area contributed by atoms with Gasteiger partial charge in [-0.1, -0.05) is 37.3 Å². The Morgan fingerprint density at radius 1 is 1.33 bits per heavy atom. The largest absolute Gasteiger partial charge is 0.315 e. The first-order chi connectivity index (χ1) is 7.36. The van der Waals surface area contributed by atoms with Crippen molar-refractivity contribution < 1.29 is 0 Å². The van der Waals surface area contributed by atoms with E-state index in [1.165, 1.54) is 5.56 Å². The van der Waals surface area contributed by atoms with E-state index >= 15 is 0 Å². The number of benzene rings is 1. The zero-order chi connectivity index (χ0) is 10.9. The van der Waals surface area contributed by atoms with Gasteiger partial charge < -0.3 is 5.32 Å². The fraction of sp³-hybridized carbons (Fsp3) is 0.462. The molecular formula is C13H18N2. The van der Waals surface area contributed by atoms with Crippen molar-refractivity contribution in [1.82, 2.24) is 5.32 Å². The molecule has 0 aliphatic rings. The molecule has 1 rings (SSSR count). The van der Waals surface area contributed by atoms with Crippen LogP contribution in [0.15, 0.2) is 30.3 Å². The maximum atomic E-state index is 8.75. The number of hydrogen-bond acceptors (Lipinski definition) is 2. The molecule has 0 aliphatic heterocycles. The number of nitriles is 1. The van der Waals surface area contributed by atoms with Crippen LogP contribution >= 0.6 is 0 Å². The van der Waals surface area contributed by atoms with Gasteiger partial charge in [0.25, 0.3) is 0 Å². The molecule has 0 saturated heterocycles. The third kappa shape index (κ3) is 4.62. The summed E-state index contributed by atoms with van der Waals surface area (Å²) in [6.07, 6.45) is 1.96. The molecule has 0 aromatic heterocycles. The molecule has 1 aromatic rings. The van der Waals surface area contributed by atoms with Crippen LogP contribution in [-0.4, -0.2) is 13.1 Å². The predicted octanol–water partition coefficient (Wildman–Crippen LogP) is 2.37. The van der Waals surface area contributed by atoms with E-state index in [1.54, 1.807) is 0 Å². The molecule has 2 heteroatoms. The normalized spacial score (nSPS) is 12.0. The van der Waals surface area contributed by atoms with Gasteiger partial charge in [-0.05, 0) is 24.9 Å². The van der Waals surface area contributed by atoms with E-state index in [0.717, 1.165) is 25.9 Å². The van der Waals surface area contributed by atoms with Gasteiger partial charge in [-0.15, -0.1) is 0 Å². The van der Waals surface area contributed by atoms with Crippen molar-refractivity contribution in [1.29, 1.82) is 5.26 Å². The van der Waals surface area contributed by atoms with E-state index in [2.05, 4.69) is 35.7 Å². The zero-order valence-corrected chi connectivity index (χ0v) is 9.24. The molecule has 0 fully saturated rings. The lowest BCUT2D eigenvalue weighted by molar-refractivity contribution is 0.555. The Morgan fingerprint density at radius 3 is 2.67 bits per heavy atom. The van der Waals surface area contributed by atoms with Gasteiger partial charge in [-0.25, -0.2) is 0 Å². The molecule has 15 heavy (non-hydrogen) atoms. The Kier molecular flexibility index (Phi) is 5.50. The summed E-state index contributed by atoms with van der Waals surface area (Å²) in [5.74, 6) is 0.153. The lowest BCUT2D eigenvalue weighted by atomic mass is 10.1. The molecule has 0 aliphatic carbocycles. The summed E-state index contributed by atoms with van der Waals surface area (Å²) in [6.45, 7) is 3.80. The number of rotatable bonds is 6. The highest BCUT2D eigenvalue weighted by molar-refractivity contribution is 5.14. The molecule has 0 bridgehead atoms. The van der Waals surface area contributed by atoms with Crippen LogP contribution in [0.2, 0.25) is 0 Å². The van der Waals surface area contributed by atoms with Crippen molar-refractivity contribution in [2.75, 3.05) is 13.1 Å². The van der Waals surface area contributed by atoms with Crippen LogP contribution in [0, 0.1) is 17.2 Å². The van der Waals surface area contributed by atoms with E-state index in [0.29, 0.717) is 0 Å². The summed E-state index contributed by atoms with van der Waals surface area (Å²) >= 11 is 0. The van der Waals surface area contributed by atoms with Crippen LogP contribution in [0.3, 0.4) is 0 Å². The van der Waals surface area contributed by atoms with E-state index in [-0.39, 0.29) is 5.92 Å². The van der Waals surface area contributed by atoms with Gasteiger partial charge in [0, 0.05) is 6.54 Å². The Bertz CT molecular complexity index is 300. The van der Waals surface area contributed by atoms with Crippen molar-refractivity contribution >= 4 is 0 Å². The Balaban J connectivity index is 2.15. The average molecular weight is 202 g/mol. The number of nitrogens with zero attached hydrogens (tertiary/aromatic N) is 1. The van der Waals surface area contributed by atoms with E-state index < -0.39 is 0 Å². The first-order valence-electron chi connectivity index (χ1n) is 5.51. The molecule has 80 valence electrons. The molecule has 0 saturated carbocycles. The molecule has 0 heterocycles. The maximum Gasteiger partial charge on any atom is 0.0669 e. The van der Waals surface area contributed by atoms with Crippen molar-refractivity contribution in [3.8, 4) is 6.07 Å². The van der Waals surface area contributed by atoms with Crippen molar-refractivity contribution in [3.05, 3.63) is 35.9 Å². The maximum absolute atomic E-state index is 8.75. The summed E-state index contributed by atoms with van der Waals surface area (Å²) in [6, 6.07) is 12.7. The minimum Gasteiger partial charge on any atom is -0.315 e. The second-order valence-corrected chi connectivity index (χ2v) is 3.67. The SMILES string of the molecule is CCC(C#N)CNCCc1ccccc1. The Morgan fingerprint density at radius 2 is 2.07 bits per heavy atom. The molecule has 2 nitrogen and oxygen atoms in total. The van der Waals surface area contributed by atoms with Crippen LogP contribution in [0.5, 0.6) is 0 Å². The van der Waals surface area contributed by atoms with Crippen LogP contribution in [-0.2, 0) is 6.42 Å². The first-order valence-corrected chi connectivity index (χ1v) is 5.51. The van der Waals surface area contributed by atoms with Gasteiger partial charge in [-0.3, -0.25) is 0 Å². The summed E-state index contributed by atoms with van der Waals surface area (Å²) in [7, 11) is 0. The minimum absolute atomic E-state index is 0.153. The fourth-order valence-corrected chi connectivity index (χ4v) is 1.43. The van der Waals surface area contributed by atoms with Crippen LogP contribution in [0.4, 0.5) is 0 Å². The fourth-order valence-electron chi connectivity index (χ4n) is 1.43. The molecule has 1 N–H and O–H groups in total. The smallest absolute Gasteiger partial charge is 0.0669 e. The highest BCUT2D eigenvalue weighted by Crippen LogP contribution is 2.00. The molecule has 1 aromatic carbocycles.